The Kier molecular flexibility index (Phi) is 5.67. The van der Waals surface area contributed by atoms with Gasteiger partial charge in [-0.15, -0.1) is 0 Å². The van der Waals surface area contributed by atoms with Crippen molar-refractivity contribution in [2.24, 2.45) is 0 Å². The Bertz CT molecular complexity index is 363. The van der Waals surface area contributed by atoms with Crippen LogP contribution in [0.15, 0.2) is 18.2 Å². The fraction of sp³-hybridized carbons (Fsp3) is 0.625. The van der Waals surface area contributed by atoms with E-state index in [1.54, 1.807) is 0 Å². The van der Waals surface area contributed by atoms with Crippen molar-refractivity contribution in [2.45, 2.75) is 26.7 Å². The highest BCUT2D eigenvalue weighted by atomic mass is 15.2. The molecule has 3 heteroatoms. The lowest BCUT2D eigenvalue weighted by molar-refractivity contribution is 0.237. The van der Waals surface area contributed by atoms with E-state index in [4.69, 9.17) is 0 Å². The van der Waals surface area contributed by atoms with Crippen molar-refractivity contribution in [1.29, 1.82) is 0 Å². The number of unbranched alkanes of at least 4 members (excludes halogenated alkanes) is 1. The first-order valence-electron chi connectivity index (χ1n) is 7.49. The molecule has 0 unspecified atom stereocenters. The van der Waals surface area contributed by atoms with Gasteiger partial charge in [-0.1, -0.05) is 6.07 Å². The molecule has 0 aromatic heterocycles. The molecule has 106 valence electrons. The van der Waals surface area contributed by atoms with Gasteiger partial charge >= 0.3 is 0 Å². The summed E-state index contributed by atoms with van der Waals surface area (Å²) < 4.78 is 0. The van der Waals surface area contributed by atoms with Gasteiger partial charge in [0.15, 0.2) is 0 Å². The van der Waals surface area contributed by atoms with Crippen LogP contribution < -0.4 is 10.6 Å². The highest BCUT2D eigenvalue weighted by Gasteiger charge is 2.07. The summed E-state index contributed by atoms with van der Waals surface area (Å²) >= 11 is 0. The zero-order chi connectivity index (χ0) is 13.5. The molecule has 19 heavy (non-hydrogen) atoms. The molecular formula is C16H27N3. The SMILES string of the molecule is Cc1cc(C)cc(NCCCCN2CCNCC2)c1. The first-order valence-corrected chi connectivity index (χ1v) is 7.49. The number of aryl methyl sites for hydroxylation is 2. The van der Waals surface area contributed by atoms with Crippen molar-refractivity contribution < 1.29 is 0 Å². The average molecular weight is 261 g/mol. The summed E-state index contributed by atoms with van der Waals surface area (Å²) in [5, 5.41) is 6.93. The number of nitrogens with one attached hydrogen (secondary N) is 2. The molecule has 0 spiro atoms. The second-order valence-corrected chi connectivity index (χ2v) is 5.60. The summed E-state index contributed by atoms with van der Waals surface area (Å²) in [5.74, 6) is 0. The summed E-state index contributed by atoms with van der Waals surface area (Å²) in [5.41, 5.74) is 3.94. The highest BCUT2D eigenvalue weighted by Crippen LogP contribution is 2.13. The van der Waals surface area contributed by atoms with Crippen molar-refractivity contribution in [3.05, 3.63) is 29.3 Å². The Labute approximate surface area is 117 Å². The summed E-state index contributed by atoms with van der Waals surface area (Å²) in [7, 11) is 0. The van der Waals surface area contributed by atoms with Gasteiger partial charge in [0, 0.05) is 38.4 Å². The molecular weight excluding hydrogens is 234 g/mol. The fourth-order valence-electron chi connectivity index (χ4n) is 2.70. The second kappa shape index (κ2) is 7.51. The highest BCUT2D eigenvalue weighted by molar-refractivity contribution is 5.48. The Morgan fingerprint density at radius 1 is 1.05 bits per heavy atom. The minimum absolute atomic E-state index is 1.08. The molecule has 0 bridgehead atoms. The van der Waals surface area contributed by atoms with Gasteiger partial charge in [-0.05, 0) is 56.5 Å². The van der Waals surface area contributed by atoms with Crippen LogP contribution in [0.4, 0.5) is 5.69 Å². The van der Waals surface area contributed by atoms with Gasteiger partial charge in [0.2, 0.25) is 0 Å². The van der Waals surface area contributed by atoms with Crippen LogP contribution in [0.1, 0.15) is 24.0 Å². The third kappa shape index (κ3) is 5.21. The molecule has 1 saturated heterocycles. The van der Waals surface area contributed by atoms with Gasteiger partial charge in [-0.3, -0.25) is 0 Å². The van der Waals surface area contributed by atoms with Gasteiger partial charge in [0.05, 0.1) is 0 Å². The number of nitrogens with zero attached hydrogens (tertiary/aromatic N) is 1. The lowest BCUT2D eigenvalue weighted by atomic mass is 10.1. The maximum Gasteiger partial charge on any atom is 0.0345 e. The van der Waals surface area contributed by atoms with E-state index in [-0.39, 0.29) is 0 Å². The molecule has 0 amide bonds. The van der Waals surface area contributed by atoms with Crippen molar-refractivity contribution in [3.8, 4) is 0 Å². The van der Waals surface area contributed by atoms with Crippen molar-refractivity contribution >= 4 is 5.69 Å². The first kappa shape index (κ1) is 14.4. The summed E-state index contributed by atoms with van der Waals surface area (Å²) in [6, 6.07) is 6.67. The number of piperazine rings is 1. The standard InChI is InChI=1S/C16H27N3/c1-14-11-15(2)13-16(12-14)18-5-3-4-8-19-9-6-17-7-10-19/h11-13,17-18H,3-10H2,1-2H3. The van der Waals surface area contributed by atoms with Gasteiger partial charge in [-0.2, -0.15) is 0 Å². The van der Waals surface area contributed by atoms with E-state index >= 15 is 0 Å². The molecule has 0 saturated carbocycles. The molecule has 1 aromatic rings. The maximum atomic E-state index is 3.53. The van der Waals surface area contributed by atoms with E-state index in [9.17, 15) is 0 Å². The van der Waals surface area contributed by atoms with Crippen LogP contribution >= 0.6 is 0 Å². The van der Waals surface area contributed by atoms with E-state index in [0.717, 1.165) is 19.6 Å². The summed E-state index contributed by atoms with van der Waals surface area (Å²) in [6.45, 7) is 11.4. The fourth-order valence-corrected chi connectivity index (χ4v) is 2.70. The quantitative estimate of drug-likeness (QED) is 0.770. The van der Waals surface area contributed by atoms with E-state index in [1.165, 1.54) is 49.3 Å². The van der Waals surface area contributed by atoms with E-state index in [1.807, 2.05) is 0 Å². The Morgan fingerprint density at radius 3 is 2.42 bits per heavy atom. The summed E-state index contributed by atoms with van der Waals surface area (Å²) in [4.78, 5) is 2.56. The first-order chi connectivity index (χ1) is 9.24. The zero-order valence-electron chi connectivity index (χ0n) is 12.3. The lowest BCUT2D eigenvalue weighted by Gasteiger charge is -2.27. The number of rotatable bonds is 6. The molecule has 0 radical (unpaired) electrons. The van der Waals surface area contributed by atoms with Gasteiger partial charge in [0.1, 0.15) is 0 Å². The number of hydrogen-bond acceptors (Lipinski definition) is 3. The average Bonchev–Trinajstić information content (AvgIpc) is 2.38. The van der Waals surface area contributed by atoms with Crippen LogP contribution in [-0.2, 0) is 0 Å². The summed E-state index contributed by atoms with van der Waals surface area (Å²) in [6.07, 6.45) is 2.54. The van der Waals surface area contributed by atoms with Crippen molar-refractivity contribution in [1.82, 2.24) is 10.2 Å². The largest absolute Gasteiger partial charge is 0.385 e. The normalized spacial score (nSPS) is 16.5. The van der Waals surface area contributed by atoms with Gasteiger partial charge < -0.3 is 15.5 Å². The van der Waals surface area contributed by atoms with Crippen LogP contribution in [0.5, 0.6) is 0 Å². The van der Waals surface area contributed by atoms with Crippen molar-refractivity contribution in [2.75, 3.05) is 44.6 Å². The van der Waals surface area contributed by atoms with Gasteiger partial charge in [-0.25, -0.2) is 0 Å². The molecule has 3 nitrogen and oxygen atoms in total. The van der Waals surface area contributed by atoms with E-state index in [2.05, 4.69) is 47.6 Å². The third-order valence-corrected chi connectivity index (χ3v) is 3.66. The number of anilines is 1. The predicted molar refractivity (Wildman–Crippen MR) is 82.9 cm³/mol. The molecule has 1 aliphatic rings. The molecule has 1 fully saturated rings. The van der Waals surface area contributed by atoms with Crippen molar-refractivity contribution in [3.63, 3.8) is 0 Å². The monoisotopic (exact) mass is 261 g/mol. The zero-order valence-corrected chi connectivity index (χ0v) is 12.3. The lowest BCUT2D eigenvalue weighted by Crippen LogP contribution is -2.43. The maximum absolute atomic E-state index is 3.53. The second-order valence-electron chi connectivity index (χ2n) is 5.60. The van der Waals surface area contributed by atoms with Crippen LogP contribution in [0.25, 0.3) is 0 Å². The van der Waals surface area contributed by atoms with Crippen LogP contribution in [0.2, 0.25) is 0 Å². The van der Waals surface area contributed by atoms with Crippen LogP contribution in [-0.4, -0.2) is 44.2 Å². The van der Waals surface area contributed by atoms with Gasteiger partial charge in [0.25, 0.3) is 0 Å². The third-order valence-electron chi connectivity index (χ3n) is 3.66. The molecule has 1 aromatic carbocycles. The van der Waals surface area contributed by atoms with E-state index < -0.39 is 0 Å². The van der Waals surface area contributed by atoms with E-state index in [0.29, 0.717) is 0 Å². The van der Waals surface area contributed by atoms with Crippen LogP contribution in [0.3, 0.4) is 0 Å². The Balaban J connectivity index is 1.60. The Hall–Kier alpha value is -1.06. The topological polar surface area (TPSA) is 27.3 Å². The molecule has 1 aliphatic heterocycles. The number of benzene rings is 1. The Morgan fingerprint density at radius 2 is 1.74 bits per heavy atom. The smallest absolute Gasteiger partial charge is 0.0345 e. The minimum atomic E-state index is 1.08. The molecule has 2 rings (SSSR count). The predicted octanol–water partition coefficient (Wildman–Crippen LogP) is 2.40. The number of hydrogen-bond donors (Lipinski definition) is 2. The molecule has 2 N–H and O–H groups in total. The molecule has 0 atom stereocenters. The molecule has 0 aliphatic carbocycles. The molecule has 1 heterocycles. The van der Waals surface area contributed by atoms with Crippen LogP contribution in [0, 0.1) is 13.8 Å². The minimum Gasteiger partial charge on any atom is -0.385 e.